The van der Waals surface area contributed by atoms with Gasteiger partial charge in [-0.25, -0.2) is 8.91 Å². The highest BCUT2D eigenvalue weighted by Gasteiger charge is 2.19. The average molecular weight is 421 g/mol. The number of halogens is 1. The van der Waals surface area contributed by atoms with Crippen molar-refractivity contribution in [3.05, 3.63) is 75.6 Å². The standard InChI is InChI=1S/C23H24FN5O2/c1-14(2)9-10-25-22(30)20-26-21-23(31)28(13-16-5-4-6-17(24)12-16)19-11-15(3)7-8-18(19)29(21)27-20/h4-8,11-12,14H,9-10,13H2,1-3H3,(H,25,30). The predicted molar refractivity (Wildman–Crippen MR) is 117 cm³/mol. The molecule has 0 aliphatic carbocycles. The Balaban J connectivity index is 1.83. The quantitative estimate of drug-likeness (QED) is 0.518. The lowest BCUT2D eigenvalue weighted by molar-refractivity contribution is 0.0942. The first-order valence-electron chi connectivity index (χ1n) is 10.3. The lowest BCUT2D eigenvalue weighted by Crippen LogP contribution is -2.26. The number of aromatic nitrogens is 4. The van der Waals surface area contributed by atoms with Crippen LogP contribution in [0.15, 0.2) is 47.3 Å². The fraction of sp³-hybridized carbons (Fsp3) is 0.304. The molecule has 0 aliphatic rings. The molecule has 0 unspecified atom stereocenters. The zero-order valence-corrected chi connectivity index (χ0v) is 17.7. The van der Waals surface area contributed by atoms with E-state index in [2.05, 4.69) is 29.2 Å². The maximum absolute atomic E-state index is 13.7. The Morgan fingerprint density at radius 1 is 1.16 bits per heavy atom. The minimum atomic E-state index is -0.416. The van der Waals surface area contributed by atoms with Crippen LogP contribution in [0.1, 0.15) is 42.0 Å². The number of hydrogen-bond donors (Lipinski definition) is 1. The van der Waals surface area contributed by atoms with Gasteiger partial charge in [-0.05, 0) is 54.7 Å². The Kier molecular flexibility index (Phi) is 5.54. The van der Waals surface area contributed by atoms with Crippen LogP contribution in [0.3, 0.4) is 0 Å². The maximum atomic E-state index is 13.7. The van der Waals surface area contributed by atoms with Crippen LogP contribution in [0, 0.1) is 18.7 Å². The molecule has 0 atom stereocenters. The van der Waals surface area contributed by atoms with Crippen LogP contribution in [0.4, 0.5) is 4.39 Å². The molecule has 0 aliphatic heterocycles. The summed E-state index contributed by atoms with van der Waals surface area (Å²) in [6.07, 6.45) is 0.835. The molecule has 4 rings (SSSR count). The van der Waals surface area contributed by atoms with Crippen molar-refractivity contribution in [3.63, 3.8) is 0 Å². The fourth-order valence-corrected chi connectivity index (χ4v) is 3.50. The van der Waals surface area contributed by atoms with Gasteiger partial charge in [0.15, 0.2) is 0 Å². The molecule has 0 saturated heterocycles. The van der Waals surface area contributed by atoms with E-state index in [0.29, 0.717) is 29.1 Å². The Morgan fingerprint density at radius 3 is 2.71 bits per heavy atom. The Bertz CT molecular complexity index is 1340. The molecule has 2 heterocycles. The second kappa shape index (κ2) is 8.29. The summed E-state index contributed by atoms with van der Waals surface area (Å²) < 4.78 is 16.6. The molecule has 31 heavy (non-hydrogen) atoms. The molecule has 7 nitrogen and oxygen atoms in total. The lowest BCUT2D eigenvalue weighted by atomic mass is 10.1. The van der Waals surface area contributed by atoms with Crippen LogP contribution in [0.5, 0.6) is 0 Å². The third-order valence-electron chi connectivity index (χ3n) is 5.13. The van der Waals surface area contributed by atoms with Gasteiger partial charge in [-0.1, -0.05) is 32.0 Å². The first-order chi connectivity index (χ1) is 14.8. The van der Waals surface area contributed by atoms with Crippen molar-refractivity contribution in [2.24, 2.45) is 5.92 Å². The predicted octanol–water partition coefficient (Wildman–Crippen LogP) is 3.32. The van der Waals surface area contributed by atoms with Gasteiger partial charge in [0, 0.05) is 6.54 Å². The Morgan fingerprint density at radius 2 is 1.97 bits per heavy atom. The van der Waals surface area contributed by atoms with Crippen molar-refractivity contribution in [1.29, 1.82) is 0 Å². The van der Waals surface area contributed by atoms with Gasteiger partial charge in [-0.2, -0.15) is 4.98 Å². The summed E-state index contributed by atoms with van der Waals surface area (Å²) in [6, 6.07) is 11.8. The van der Waals surface area contributed by atoms with Gasteiger partial charge < -0.3 is 5.32 Å². The molecule has 4 aromatic rings. The number of nitrogens with one attached hydrogen (secondary N) is 1. The number of carbonyl (C=O) groups is 1. The second-order valence-corrected chi connectivity index (χ2v) is 8.12. The molecule has 2 aromatic carbocycles. The Hall–Kier alpha value is -3.55. The molecular formula is C23H24FN5O2. The number of aryl methyl sites for hydroxylation is 1. The van der Waals surface area contributed by atoms with Gasteiger partial charge in [-0.3, -0.25) is 14.2 Å². The van der Waals surface area contributed by atoms with E-state index in [1.54, 1.807) is 16.7 Å². The smallest absolute Gasteiger partial charge is 0.296 e. The van der Waals surface area contributed by atoms with Crippen LogP contribution in [-0.2, 0) is 6.54 Å². The summed E-state index contributed by atoms with van der Waals surface area (Å²) in [7, 11) is 0. The molecular weight excluding hydrogens is 397 g/mol. The van der Waals surface area contributed by atoms with Crippen molar-refractivity contribution >= 4 is 22.6 Å². The fourth-order valence-electron chi connectivity index (χ4n) is 3.50. The Labute approximate surface area is 178 Å². The van der Waals surface area contributed by atoms with E-state index in [0.717, 1.165) is 12.0 Å². The number of fused-ring (bicyclic) bond motifs is 3. The number of carbonyl (C=O) groups excluding carboxylic acids is 1. The molecule has 8 heteroatoms. The number of rotatable bonds is 6. The third kappa shape index (κ3) is 4.19. The van der Waals surface area contributed by atoms with Crippen LogP contribution in [-0.4, -0.2) is 31.6 Å². The van der Waals surface area contributed by atoms with Crippen LogP contribution >= 0.6 is 0 Å². The van der Waals surface area contributed by atoms with Crippen LogP contribution in [0.2, 0.25) is 0 Å². The summed E-state index contributed by atoms with van der Waals surface area (Å²) >= 11 is 0. The largest absolute Gasteiger partial charge is 0.349 e. The lowest BCUT2D eigenvalue weighted by Gasteiger charge is -2.12. The first-order valence-corrected chi connectivity index (χ1v) is 10.3. The van der Waals surface area contributed by atoms with E-state index in [1.165, 1.54) is 16.6 Å². The molecule has 0 fully saturated rings. The summed E-state index contributed by atoms with van der Waals surface area (Å²) in [4.78, 5) is 30.0. The first kappa shape index (κ1) is 20.7. The molecule has 2 aromatic heterocycles. The monoisotopic (exact) mass is 421 g/mol. The van der Waals surface area contributed by atoms with Gasteiger partial charge in [0.1, 0.15) is 5.82 Å². The number of benzene rings is 2. The zero-order valence-electron chi connectivity index (χ0n) is 17.7. The van der Waals surface area contributed by atoms with E-state index in [1.807, 2.05) is 25.1 Å². The van der Waals surface area contributed by atoms with Crippen LogP contribution < -0.4 is 10.9 Å². The molecule has 0 saturated carbocycles. The van der Waals surface area contributed by atoms with Crippen molar-refractivity contribution in [3.8, 4) is 0 Å². The highest BCUT2D eigenvalue weighted by atomic mass is 19.1. The second-order valence-electron chi connectivity index (χ2n) is 8.12. The summed E-state index contributed by atoms with van der Waals surface area (Å²) in [5, 5.41) is 7.11. The molecule has 1 N–H and O–H groups in total. The normalized spacial score (nSPS) is 11.5. The zero-order chi connectivity index (χ0) is 22.1. The van der Waals surface area contributed by atoms with E-state index in [4.69, 9.17) is 0 Å². The van der Waals surface area contributed by atoms with Crippen molar-refractivity contribution in [2.75, 3.05) is 6.54 Å². The molecule has 0 bridgehead atoms. The van der Waals surface area contributed by atoms with Gasteiger partial charge in [0.05, 0.1) is 17.6 Å². The van der Waals surface area contributed by atoms with Crippen molar-refractivity contribution in [1.82, 2.24) is 24.5 Å². The molecule has 160 valence electrons. The average Bonchev–Trinajstić information content (AvgIpc) is 3.16. The van der Waals surface area contributed by atoms with Gasteiger partial charge in [-0.15, -0.1) is 5.10 Å². The number of hydrogen-bond acceptors (Lipinski definition) is 4. The highest BCUT2D eigenvalue weighted by molar-refractivity contribution is 5.91. The summed E-state index contributed by atoms with van der Waals surface area (Å²) in [6.45, 7) is 6.76. The SMILES string of the molecule is Cc1ccc2c(c1)n(Cc1cccc(F)c1)c(=O)c1nc(C(=O)NCCC(C)C)nn12. The van der Waals surface area contributed by atoms with Crippen molar-refractivity contribution in [2.45, 2.75) is 33.7 Å². The molecule has 0 radical (unpaired) electrons. The highest BCUT2D eigenvalue weighted by Crippen LogP contribution is 2.17. The number of nitrogens with zero attached hydrogens (tertiary/aromatic N) is 4. The maximum Gasteiger partial charge on any atom is 0.296 e. The summed E-state index contributed by atoms with van der Waals surface area (Å²) in [5.74, 6) is -0.376. The van der Waals surface area contributed by atoms with Gasteiger partial charge in [0.2, 0.25) is 11.5 Å². The summed E-state index contributed by atoms with van der Waals surface area (Å²) in [5.41, 5.74) is 2.56. The number of amides is 1. The minimum absolute atomic E-state index is 0.0498. The van der Waals surface area contributed by atoms with E-state index in [-0.39, 0.29) is 23.8 Å². The third-order valence-corrected chi connectivity index (χ3v) is 5.13. The topological polar surface area (TPSA) is 81.3 Å². The van der Waals surface area contributed by atoms with E-state index in [9.17, 15) is 14.0 Å². The minimum Gasteiger partial charge on any atom is -0.349 e. The molecule has 1 amide bonds. The van der Waals surface area contributed by atoms with E-state index < -0.39 is 11.5 Å². The van der Waals surface area contributed by atoms with Crippen molar-refractivity contribution < 1.29 is 9.18 Å². The van der Waals surface area contributed by atoms with E-state index >= 15 is 0 Å². The van der Waals surface area contributed by atoms with Crippen LogP contribution in [0.25, 0.3) is 16.7 Å². The van der Waals surface area contributed by atoms with Gasteiger partial charge >= 0.3 is 0 Å². The molecule has 0 spiro atoms. The van der Waals surface area contributed by atoms with Gasteiger partial charge in [0.25, 0.3) is 11.5 Å².